The molecular formula is C25H34ClN6Y-. The molecule has 1 radical (unpaired) electrons. The molecule has 2 aliphatic rings. The molecule has 2 aromatic carbocycles. The van der Waals surface area contributed by atoms with Gasteiger partial charge in [-0.25, -0.2) is 10.4 Å². The van der Waals surface area contributed by atoms with Crippen molar-refractivity contribution in [3.63, 3.8) is 0 Å². The zero-order valence-corrected chi connectivity index (χ0v) is 23.2. The largest absolute Gasteiger partial charge is 0.661 e. The summed E-state index contributed by atoms with van der Waals surface area (Å²) in [5, 5.41) is 8.63. The smallest absolute Gasteiger partial charge is 0.121 e. The van der Waals surface area contributed by atoms with Crippen molar-refractivity contribution in [1.82, 2.24) is 10.3 Å². The zero-order chi connectivity index (χ0) is 22.6. The molecule has 2 aromatic rings. The molecule has 0 spiro atoms. The van der Waals surface area contributed by atoms with Crippen molar-refractivity contribution < 1.29 is 32.7 Å². The maximum Gasteiger partial charge on any atom is 0.121 e. The van der Waals surface area contributed by atoms with Crippen LogP contribution in [0.15, 0.2) is 47.5 Å². The molecule has 0 bridgehead atoms. The molecule has 0 saturated heterocycles. The molecule has 1 atom stereocenters. The molecule has 1 fully saturated rings. The SMILES string of the molecule is CC[N-]CCNc1ccc2c(c1)N=C(C1(c3ccc(Cl)cc3)CCCCC1)N(C)C2NN.[Y]. The number of nitrogens with two attached hydrogens (primary N) is 1. The first-order chi connectivity index (χ1) is 15.6. The third-order valence-electron chi connectivity index (χ3n) is 6.79. The first-order valence-corrected chi connectivity index (χ1v) is 12.0. The van der Waals surface area contributed by atoms with Crippen LogP contribution in [0.1, 0.15) is 56.3 Å². The number of anilines is 1. The fourth-order valence-electron chi connectivity index (χ4n) is 5.15. The summed E-state index contributed by atoms with van der Waals surface area (Å²) in [7, 11) is 2.09. The van der Waals surface area contributed by atoms with Gasteiger partial charge in [0, 0.05) is 56.0 Å². The van der Waals surface area contributed by atoms with E-state index in [4.69, 9.17) is 22.4 Å². The monoisotopic (exact) mass is 542 g/mol. The molecule has 1 aliphatic carbocycles. The maximum absolute atomic E-state index is 6.22. The number of nitrogens with zero attached hydrogens (tertiary/aromatic N) is 3. The summed E-state index contributed by atoms with van der Waals surface area (Å²) >= 11 is 6.22. The van der Waals surface area contributed by atoms with Crippen LogP contribution in [0.2, 0.25) is 5.02 Å². The van der Waals surface area contributed by atoms with Crippen LogP contribution in [0, 0.1) is 0 Å². The predicted molar refractivity (Wildman–Crippen MR) is 135 cm³/mol. The second kappa shape index (κ2) is 12.1. The van der Waals surface area contributed by atoms with Crippen LogP contribution in [0.25, 0.3) is 5.32 Å². The summed E-state index contributed by atoms with van der Waals surface area (Å²) in [5.41, 5.74) is 7.27. The van der Waals surface area contributed by atoms with E-state index in [2.05, 4.69) is 65.3 Å². The number of hydrogen-bond acceptors (Lipinski definition) is 5. The van der Waals surface area contributed by atoms with Gasteiger partial charge in [-0.2, -0.15) is 6.54 Å². The van der Waals surface area contributed by atoms with Gasteiger partial charge in [-0.15, -0.1) is 6.54 Å². The minimum absolute atomic E-state index is 0. The second-order valence-electron chi connectivity index (χ2n) is 8.73. The molecule has 1 heterocycles. The third-order valence-corrected chi connectivity index (χ3v) is 7.04. The normalized spacial score (nSPS) is 19.3. The van der Waals surface area contributed by atoms with E-state index in [1.54, 1.807) is 0 Å². The number of fused-ring (bicyclic) bond motifs is 1. The van der Waals surface area contributed by atoms with Crippen LogP contribution in [0.5, 0.6) is 0 Å². The molecular weight excluding hydrogens is 509 g/mol. The maximum atomic E-state index is 6.22. The van der Waals surface area contributed by atoms with Crippen molar-refractivity contribution in [2.24, 2.45) is 10.8 Å². The summed E-state index contributed by atoms with van der Waals surface area (Å²) in [4.78, 5) is 7.49. The zero-order valence-electron chi connectivity index (χ0n) is 19.6. The summed E-state index contributed by atoms with van der Waals surface area (Å²) < 4.78 is 0. The minimum Gasteiger partial charge on any atom is -0.661 e. The molecule has 6 nitrogen and oxygen atoms in total. The Morgan fingerprint density at radius 3 is 2.55 bits per heavy atom. The number of nitrogens with one attached hydrogen (secondary N) is 2. The first kappa shape index (κ1) is 26.6. The van der Waals surface area contributed by atoms with Crippen molar-refractivity contribution in [3.05, 3.63) is 63.9 Å². The van der Waals surface area contributed by atoms with Crippen molar-refractivity contribution >= 4 is 28.8 Å². The number of hydrogen-bond donors (Lipinski definition) is 3. The van der Waals surface area contributed by atoms with Crippen molar-refractivity contribution in [3.8, 4) is 0 Å². The van der Waals surface area contributed by atoms with Crippen LogP contribution >= 0.6 is 11.6 Å². The standard InChI is InChI=1S/C25H34ClN6.Y/c1-3-28-15-16-29-20-11-12-21-22(17-20)30-24(32(2)23(21)31-27)25(13-5-4-6-14-25)18-7-9-19(26)10-8-18;/h7-12,17,23,29,31H,3-6,13-16,27H2,1-2H3;/q-1;. The van der Waals surface area contributed by atoms with E-state index in [-0.39, 0.29) is 44.3 Å². The quantitative estimate of drug-likeness (QED) is 0.234. The Kier molecular flexibility index (Phi) is 9.75. The molecule has 1 aliphatic heterocycles. The van der Waals surface area contributed by atoms with Gasteiger partial charge in [-0.3, -0.25) is 5.84 Å². The molecule has 0 amide bonds. The van der Waals surface area contributed by atoms with Gasteiger partial charge in [0.05, 0.1) is 11.1 Å². The molecule has 175 valence electrons. The summed E-state index contributed by atoms with van der Waals surface area (Å²) in [6.45, 7) is 4.53. The topological polar surface area (TPSA) is 79.8 Å². The molecule has 0 aromatic heterocycles. The molecule has 8 heteroatoms. The van der Waals surface area contributed by atoms with Crippen LogP contribution in [-0.2, 0) is 38.1 Å². The van der Waals surface area contributed by atoms with Gasteiger partial charge in [0.1, 0.15) is 12.0 Å². The number of hydrazine groups is 1. The molecule has 4 N–H and O–H groups in total. The van der Waals surface area contributed by atoms with Crippen LogP contribution in [0.3, 0.4) is 0 Å². The molecule has 1 saturated carbocycles. The summed E-state index contributed by atoms with van der Waals surface area (Å²) in [6, 6.07) is 14.7. The van der Waals surface area contributed by atoms with Gasteiger partial charge < -0.3 is 15.5 Å². The van der Waals surface area contributed by atoms with E-state index in [0.717, 1.165) is 60.3 Å². The summed E-state index contributed by atoms with van der Waals surface area (Å²) in [5.74, 6) is 7.14. The molecule has 33 heavy (non-hydrogen) atoms. The van der Waals surface area contributed by atoms with Gasteiger partial charge in [0.25, 0.3) is 0 Å². The van der Waals surface area contributed by atoms with E-state index in [0.29, 0.717) is 0 Å². The Morgan fingerprint density at radius 2 is 1.88 bits per heavy atom. The van der Waals surface area contributed by atoms with E-state index in [1.165, 1.54) is 24.8 Å². The molecule has 1 unspecified atom stereocenters. The van der Waals surface area contributed by atoms with Crippen molar-refractivity contribution in [2.45, 2.75) is 50.6 Å². The van der Waals surface area contributed by atoms with Gasteiger partial charge in [0.15, 0.2) is 0 Å². The molecule has 4 rings (SSSR count). The van der Waals surface area contributed by atoms with Gasteiger partial charge in [-0.05, 0) is 49.2 Å². The number of halogens is 1. The Balaban J connectivity index is 0.00000306. The minimum atomic E-state index is -0.145. The van der Waals surface area contributed by atoms with Crippen LogP contribution < -0.4 is 16.6 Å². The fourth-order valence-corrected chi connectivity index (χ4v) is 5.28. The predicted octanol–water partition coefficient (Wildman–Crippen LogP) is 5.48. The first-order valence-electron chi connectivity index (χ1n) is 11.6. The van der Waals surface area contributed by atoms with Crippen molar-refractivity contribution in [2.75, 3.05) is 32.0 Å². The van der Waals surface area contributed by atoms with E-state index < -0.39 is 0 Å². The van der Waals surface area contributed by atoms with Crippen LogP contribution in [0.4, 0.5) is 11.4 Å². The Labute approximate surface area is 228 Å². The van der Waals surface area contributed by atoms with Crippen LogP contribution in [-0.4, -0.2) is 37.4 Å². The van der Waals surface area contributed by atoms with E-state index in [9.17, 15) is 0 Å². The third kappa shape index (κ3) is 5.63. The number of likely N-dealkylation sites (N-methyl/N-ethyl adjacent to an activating group) is 2. The number of benzene rings is 2. The Bertz CT molecular complexity index is 942. The number of aliphatic imine (C=N–C) groups is 1. The van der Waals surface area contributed by atoms with Gasteiger partial charge in [0.2, 0.25) is 0 Å². The number of amidine groups is 1. The second-order valence-corrected chi connectivity index (χ2v) is 9.17. The van der Waals surface area contributed by atoms with Gasteiger partial charge >= 0.3 is 0 Å². The average molecular weight is 543 g/mol. The Hall–Kier alpha value is -1.02. The van der Waals surface area contributed by atoms with Crippen molar-refractivity contribution in [1.29, 1.82) is 0 Å². The fraction of sp³-hybridized carbons (Fsp3) is 0.480. The van der Waals surface area contributed by atoms with Gasteiger partial charge in [-0.1, -0.05) is 56.0 Å². The number of rotatable bonds is 8. The average Bonchev–Trinajstić information content (AvgIpc) is 2.82. The summed E-state index contributed by atoms with van der Waals surface area (Å²) in [6.07, 6.45) is 5.64. The Morgan fingerprint density at radius 1 is 1.15 bits per heavy atom. The van der Waals surface area contributed by atoms with E-state index >= 15 is 0 Å². The van der Waals surface area contributed by atoms with E-state index in [1.807, 2.05) is 12.1 Å².